The standard InChI is InChI=1S/C23H22N6O3/c30-12-11-29-15-19(14-26-29)21-9-10-24-13-18(21)4-7-22(31)27-20-5-1-17(2-6-20)3-8-23-28-25-16-32-23/h1-2,4-7,9-10,13-16,30H,3,8,11-12H2,(H,27,31). The van der Waals surface area contributed by atoms with Gasteiger partial charge in [0, 0.05) is 47.9 Å². The molecule has 0 saturated heterocycles. The Morgan fingerprint density at radius 1 is 1.16 bits per heavy atom. The molecule has 9 nitrogen and oxygen atoms in total. The summed E-state index contributed by atoms with van der Waals surface area (Å²) in [4.78, 5) is 16.6. The summed E-state index contributed by atoms with van der Waals surface area (Å²) in [6.07, 6.45) is 12.9. The Morgan fingerprint density at radius 2 is 2.03 bits per heavy atom. The lowest BCUT2D eigenvalue weighted by atomic mass is 10.0. The monoisotopic (exact) mass is 430 g/mol. The molecule has 0 spiro atoms. The minimum absolute atomic E-state index is 0.0179. The van der Waals surface area contributed by atoms with E-state index in [1.54, 1.807) is 29.3 Å². The van der Waals surface area contributed by atoms with Gasteiger partial charge in [-0.05, 0) is 41.8 Å². The largest absolute Gasteiger partial charge is 0.428 e. The van der Waals surface area contributed by atoms with Crippen LogP contribution in [0.15, 0.2) is 72.0 Å². The number of amides is 1. The number of nitrogens with zero attached hydrogens (tertiary/aromatic N) is 5. The molecule has 0 bridgehead atoms. The highest BCUT2D eigenvalue weighted by Crippen LogP contribution is 2.23. The molecule has 0 aliphatic heterocycles. The molecule has 4 aromatic rings. The lowest BCUT2D eigenvalue weighted by Gasteiger charge is -2.05. The topological polar surface area (TPSA) is 119 Å². The molecular weight excluding hydrogens is 408 g/mol. The van der Waals surface area contributed by atoms with Gasteiger partial charge in [-0.25, -0.2) is 0 Å². The number of aliphatic hydroxyl groups is 1. The molecule has 9 heteroatoms. The molecule has 0 aliphatic carbocycles. The molecule has 0 saturated carbocycles. The summed E-state index contributed by atoms with van der Waals surface area (Å²) in [6.45, 7) is 0.443. The first-order valence-corrected chi connectivity index (χ1v) is 10.1. The molecule has 162 valence electrons. The van der Waals surface area contributed by atoms with E-state index in [9.17, 15) is 4.79 Å². The Balaban J connectivity index is 1.37. The van der Waals surface area contributed by atoms with E-state index in [4.69, 9.17) is 9.52 Å². The molecule has 1 aromatic carbocycles. The van der Waals surface area contributed by atoms with E-state index < -0.39 is 0 Å². The maximum Gasteiger partial charge on any atom is 0.248 e. The smallest absolute Gasteiger partial charge is 0.248 e. The molecule has 0 radical (unpaired) electrons. The molecule has 0 unspecified atom stereocenters. The van der Waals surface area contributed by atoms with Crippen LogP contribution in [0.25, 0.3) is 17.2 Å². The first kappa shape index (κ1) is 21.1. The van der Waals surface area contributed by atoms with Crippen LogP contribution in [0.4, 0.5) is 5.69 Å². The summed E-state index contributed by atoms with van der Waals surface area (Å²) < 4.78 is 6.81. The van der Waals surface area contributed by atoms with Gasteiger partial charge in [-0.2, -0.15) is 5.10 Å². The predicted molar refractivity (Wildman–Crippen MR) is 118 cm³/mol. The molecule has 0 atom stereocenters. The lowest BCUT2D eigenvalue weighted by molar-refractivity contribution is -0.111. The summed E-state index contributed by atoms with van der Waals surface area (Å²) in [5.74, 6) is 0.359. The van der Waals surface area contributed by atoms with Crippen LogP contribution in [0.1, 0.15) is 17.0 Å². The van der Waals surface area contributed by atoms with Gasteiger partial charge in [0.2, 0.25) is 18.2 Å². The van der Waals surface area contributed by atoms with Crippen molar-refractivity contribution < 1.29 is 14.3 Å². The fraction of sp³-hybridized carbons (Fsp3) is 0.174. The highest BCUT2D eigenvalue weighted by molar-refractivity contribution is 6.02. The summed E-state index contributed by atoms with van der Waals surface area (Å²) in [7, 11) is 0. The Kier molecular flexibility index (Phi) is 6.78. The molecule has 4 rings (SSSR count). The summed E-state index contributed by atoms with van der Waals surface area (Å²) in [5, 5.41) is 23.7. The fourth-order valence-corrected chi connectivity index (χ4v) is 3.19. The van der Waals surface area contributed by atoms with Crippen LogP contribution < -0.4 is 5.32 Å². The number of benzene rings is 1. The lowest BCUT2D eigenvalue weighted by Crippen LogP contribution is -2.07. The third kappa shape index (κ3) is 5.52. The molecule has 3 aromatic heterocycles. The average molecular weight is 430 g/mol. The van der Waals surface area contributed by atoms with Crippen LogP contribution in [0.3, 0.4) is 0 Å². The van der Waals surface area contributed by atoms with Crippen molar-refractivity contribution in [1.82, 2.24) is 25.0 Å². The van der Waals surface area contributed by atoms with Crippen LogP contribution in [0, 0.1) is 0 Å². The first-order valence-electron chi connectivity index (χ1n) is 10.1. The zero-order valence-corrected chi connectivity index (χ0v) is 17.3. The van der Waals surface area contributed by atoms with Gasteiger partial charge in [0.25, 0.3) is 0 Å². The van der Waals surface area contributed by atoms with Gasteiger partial charge in [-0.1, -0.05) is 12.1 Å². The quantitative estimate of drug-likeness (QED) is 0.392. The van der Waals surface area contributed by atoms with Crippen LogP contribution in [-0.2, 0) is 24.2 Å². The van der Waals surface area contributed by atoms with Gasteiger partial charge in [-0.3, -0.25) is 14.5 Å². The maximum absolute atomic E-state index is 12.4. The number of aryl methyl sites for hydroxylation is 2. The number of aliphatic hydroxyl groups excluding tert-OH is 1. The van der Waals surface area contributed by atoms with Crippen LogP contribution in [0.2, 0.25) is 0 Å². The van der Waals surface area contributed by atoms with Gasteiger partial charge in [0.1, 0.15) is 0 Å². The van der Waals surface area contributed by atoms with Crippen molar-refractivity contribution in [3.05, 3.63) is 84.6 Å². The van der Waals surface area contributed by atoms with Crippen LogP contribution in [0.5, 0.6) is 0 Å². The molecule has 1 amide bonds. The minimum atomic E-state index is -0.241. The van der Waals surface area contributed by atoms with E-state index >= 15 is 0 Å². The number of carbonyl (C=O) groups excluding carboxylic acids is 1. The van der Waals surface area contributed by atoms with Gasteiger partial charge in [0.05, 0.1) is 19.3 Å². The number of carbonyl (C=O) groups is 1. The Hall–Kier alpha value is -4.11. The number of nitrogens with one attached hydrogen (secondary N) is 1. The van der Waals surface area contributed by atoms with Gasteiger partial charge in [-0.15, -0.1) is 10.2 Å². The van der Waals surface area contributed by atoms with E-state index in [0.717, 1.165) is 28.7 Å². The molecule has 2 N–H and O–H groups in total. The molecular formula is C23H22N6O3. The van der Waals surface area contributed by atoms with Crippen molar-refractivity contribution in [2.24, 2.45) is 0 Å². The van der Waals surface area contributed by atoms with Gasteiger partial charge >= 0.3 is 0 Å². The number of hydrogen-bond acceptors (Lipinski definition) is 7. The number of hydrogen-bond donors (Lipinski definition) is 2. The van der Waals surface area contributed by atoms with E-state index in [1.807, 2.05) is 36.5 Å². The number of rotatable bonds is 9. The normalized spacial score (nSPS) is 11.2. The second-order valence-electron chi connectivity index (χ2n) is 7.03. The SMILES string of the molecule is O=C(C=Cc1cnccc1-c1cnn(CCO)c1)Nc1ccc(CCc2nnco2)cc1. The molecule has 0 fully saturated rings. The number of aromatic nitrogens is 5. The fourth-order valence-electron chi connectivity index (χ4n) is 3.19. The van der Waals surface area contributed by atoms with E-state index in [-0.39, 0.29) is 12.5 Å². The molecule has 3 heterocycles. The van der Waals surface area contributed by atoms with Crippen molar-refractivity contribution in [3.8, 4) is 11.1 Å². The first-order chi connectivity index (χ1) is 15.7. The van der Waals surface area contributed by atoms with Gasteiger partial charge in [0.15, 0.2) is 0 Å². The van der Waals surface area contributed by atoms with Crippen molar-refractivity contribution in [2.75, 3.05) is 11.9 Å². The van der Waals surface area contributed by atoms with Crippen molar-refractivity contribution in [1.29, 1.82) is 0 Å². The zero-order valence-electron chi connectivity index (χ0n) is 17.3. The Morgan fingerprint density at radius 3 is 2.81 bits per heavy atom. The second kappa shape index (κ2) is 10.3. The van der Waals surface area contributed by atoms with Crippen molar-refractivity contribution in [2.45, 2.75) is 19.4 Å². The predicted octanol–water partition coefficient (Wildman–Crippen LogP) is 2.76. The second-order valence-corrected chi connectivity index (χ2v) is 7.03. The van der Waals surface area contributed by atoms with Gasteiger partial charge < -0.3 is 14.8 Å². The third-order valence-electron chi connectivity index (χ3n) is 4.79. The third-order valence-corrected chi connectivity index (χ3v) is 4.79. The zero-order chi connectivity index (χ0) is 22.2. The van der Waals surface area contributed by atoms with Crippen molar-refractivity contribution >= 4 is 17.7 Å². The van der Waals surface area contributed by atoms with E-state index in [1.165, 1.54) is 12.5 Å². The molecule has 32 heavy (non-hydrogen) atoms. The maximum atomic E-state index is 12.4. The Labute approximate surface area is 184 Å². The summed E-state index contributed by atoms with van der Waals surface area (Å²) >= 11 is 0. The average Bonchev–Trinajstić information content (AvgIpc) is 3.50. The van der Waals surface area contributed by atoms with Crippen molar-refractivity contribution in [3.63, 3.8) is 0 Å². The summed E-state index contributed by atoms with van der Waals surface area (Å²) in [6, 6.07) is 9.50. The summed E-state index contributed by atoms with van der Waals surface area (Å²) in [5.41, 5.74) is 4.40. The highest BCUT2D eigenvalue weighted by atomic mass is 16.4. The number of pyridine rings is 1. The molecule has 0 aliphatic rings. The highest BCUT2D eigenvalue weighted by Gasteiger charge is 2.07. The van der Waals surface area contributed by atoms with E-state index in [0.29, 0.717) is 24.5 Å². The number of anilines is 1. The van der Waals surface area contributed by atoms with E-state index in [2.05, 4.69) is 25.6 Å². The van der Waals surface area contributed by atoms with Crippen LogP contribution in [-0.4, -0.2) is 42.6 Å². The minimum Gasteiger partial charge on any atom is -0.428 e. The van der Waals surface area contributed by atoms with Crippen LogP contribution >= 0.6 is 0 Å². The Bertz CT molecular complexity index is 1180.